The van der Waals surface area contributed by atoms with Crippen molar-refractivity contribution in [2.75, 3.05) is 17.2 Å². The Hall–Kier alpha value is -2.53. The third-order valence-electron chi connectivity index (χ3n) is 4.07. The van der Waals surface area contributed by atoms with Crippen molar-refractivity contribution in [2.45, 2.75) is 20.0 Å². The van der Waals surface area contributed by atoms with Gasteiger partial charge in [0, 0.05) is 23.5 Å². The fraction of sp³-hybridized carbons (Fsp3) is 0.222. The lowest BCUT2D eigenvalue weighted by Crippen LogP contribution is -2.33. The maximum Gasteiger partial charge on any atom is 0.150 e. The molecular weight excluding hydrogens is 293 g/mol. The minimum atomic E-state index is -0.495. The molecule has 0 aliphatic carbocycles. The average molecular weight is 313 g/mol. The van der Waals surface area contributed by atoms with Crippen LogP contribution in [-0.4, -0.2) is 6.61 Å². The lowest BCUT2D eigenvalue weighted by molar-refractivity contribution is 0.338. The zero-order valence-electron chi connectivity index (χ0n) is 13.2. The molecule has 0 saturated heterocycles. The molecule has 4 nitrogen and oxygen atoms in total. The lowest BCUT2D eigenvalue weighted by Gasteiger charge is -2.33. The van der Waals surface area contributed by atoms with Crippen molar-refractivity contribution >= 4 is 17.5 Å². The van der Waals surface area contributed by atoms with E-state index >= 15 is 0 Å². The zero-order chi connectivity index (χ0) is 16.6. The highest BCUT2D eigenvalue weighted by Gasteiger charge is 2.24. The fourth-order valence-corrected chi connectivity index (χ4v) is 2.79. The number of hydrogen-bond donors (Lipinski definition) is 2. The maximum atomic E-state index is 14.4. The Morgan fingerprint density at radius 1 is 1.26 bits per heavy atom. The predicted molar refractivity (Wildman–Crippen MR) is 91.6 cm³/mol. The van der Waals surface area contributed by atoms with Gasteiger partial charge in [0.25, 0.3) is 0 Å². The van der Waals surface area contributed by atoms with Gasteiger partial charge in [-0.2, -0.15) is 0 Å². The molecule has 0 bridgehead atoms. The third-order valence-corrected chi connectivity index (χ3v) is 4.07. The van der Waals surface area contributed by atoms with Crippen LogP contribution in [0.25, 0.3) is 6.08 Å². The van der Waals surface area contributed by atoms with Crippen LogP contribution in [0.3, 0.4) is 0 Å². The summed E-state index contributed by atoms with van der Waals surface area (Å²) in [5, 5.41) is 0. The number of fused-ring (bicyclic) bond motifs is 1. The number of anilines is 2. The van der Waals surface area contributed by atoms with E-state index in [0.717, 1.165) is 16.7 Å². The molecule has 1 aliphatic heterocycles. The number of hydrogen-bond acceptors (Lipinski definition) is 4. The van der Waals surface area contributed by atoms with Gasteiger partial charge in [0.2, 0.25) is 0 Å². The van der Waals surface area contributed by atoms with Crippen LogP contribution in [0.2, 0.25) is 0 Å². The minimum absolute atomic E-state index is 0.375. The van der Waals surface area contributed by atoms with E-state index in [4.69, 9.17) is 16.2 Å². The molecule has 0 spiro atoms. The summed E-state index contributed by atoms with van der Waals surface area (Å²) in [6, 6.07) is 8.65. The van der Waals surface area contributed by atoms with E-state index in [2.05, 4.69) is 0 Å². The molecule has 0 radical (unpaired) electrons. The van der Waals surface area contributed by atoms with Crippen LogP contribution in [0, 0.1) is 12.7 Å². The Morgan fingerprint density at radius 3 is 2.74 bits per heavy atom. The third kappa shape index (κ3) is 2.64. The number of aryl methyl sites for hydroxylation is 1. The van der Waals surface area contributed by atoms with Crippen LogP contribution in [0.15, 0.2) is 36.5 Å². The van der Waals surface area contributed by atoms with Crippen LogP contribution in [0.5, 0.6) is 5.75 Å². The highest BCUT2D eigenvalue weighted by atomic mass is 19.1. The quantitative estimate of drug-likeness (QED) is 0.850. The van der Waals surface area contributed by atoms with Gasteiger partial charge in [0.1, 0.15) is 11.9 Å². The van der Waals surface area contributed by atoms with Crippen molar-refractivity contribution in [3.05, 3.63) is 59.0 Å². The van der Waals surface area contributed by atoms with E-state index in [-0.39, 0.29) is 5.82 Å². The molecule has 2 aromatic rings. The number of nitrogen functional groups attached to an aromatic ring is 1. The van der Waals surface area contributed by atoms with Gasteiger partial charge in [-0.3, -0.25) is 0 Å². The molecule has 1 heterocycles. The molecule has 1 aliphatic rings. The number of nitrogens with zero attached hydrogens (tertiary/aromatic N) is 1. The number of halogens is 1. The first-order valence-electron chi connectivity index (χ1n) is 7.56. The maximum absolute atomic E-state index is 14.4. The van der Waals surface area contributed by atoms with Gasteiger partial charge in [-0.1, -0.05) is 12.1 Å². The van der Waals surface area contributed by atoms with Gasteiger partial charge in [0.05, 0.1) is 12.3 Å². The van der Waals surface area contributed by atoms with Crippen molar-refractivity contribution in [1.29, 1.82) is 0 Å². The number of ether oxygens (including phenoxy) is 1. The molecule has 1 unspecified atom stereocenters. The van der Waals surface area contributed by atoms with E-state index < -0.39 is 6.17 Å². The standard InChI is InChI=1S/C18H20FN3O/c1-3-23-12-5-7-16(15(19)10-12)22-9-8-13-14(18(22)21)6-4-11(2)17(13)20/h4-10,18H,3,20-21H2,1-2H3. The van der Waals surface area contributed by atoms with Gasteiger partial charge in [-0.15, -0.1) is 0 Å². The fourth-order valence-electron chi connectivity index (χ4n) is 2.79. The highest BCUT2D eigenvalue weighted by Crippen LogP contribution is 2.36. The molecular formula is C18H20FN3O. The van der Waals surface area contributed by atoms with Crippen LogP contribution in [0.1, 0.15) is 29.8 Å². The van der Waals surface area contributed by atoms with E-state index in [1.807, 2.05) is 32.1 Å². The second-order valence-corrected chi connectivity index (χ2v) is 5.51. The first-order chi connectivity index (χ1) is 11.0. The molecule has 1 atom stereocenters. The summed E-state index contributed by atoms with van der Waals surface area (Å²) in [4.78, 5) is 1.70. The summed E-state index contributed by atoms with van der Waals surface area (Å²) < 4.78 is 19.7. The number of rotatable bonds is 3. The van der Waals surface area contributed by atoms with Crippen LogP contribution < -0.4 is 21.1 Å². The Kier molecular flexibility index (Phi) is 3.96. The van der Waals surface area contributed by atoms with E-state index in [1.54, 1.807) is 23.2 Å². The molecule has 23 heavy (non-hydrogen) atoms. The smallest absolute Gasteiger partial charge is 0.150 e. The summed E-state index contributed by atoms with van der Waals surface area (Å²) in [6.07, 6.45) is 3.14. The largest absolute Gasteiger partial charge is 0.494 e. The topological polar surface area (TPSA) is 64.5 Å². The first kappa shape index (κ1) is 15.4. The molecule has 0 saturated carbocycles. The molecule has 3 rings (SSSR count). The molecule has 120 valence electrons. The van der Waals surface area contributed by atoms with Gasteiger partial charge in [0.15, 0.2) is 5.82 Å². The zero-order valence-corrected chi connectivity index (χ0v) is 13.2. The van der Waals surface area contributed by atoms with Crippen molar-refractivity contribution in [1.82, 2.24) is 0 Å². The van der Waals surface area contributed by atoms with Crippen molar-refractivity contribution < 1.29 is 9.13 Å². The summed E-state index contributed by atoms with van der Waals surface area (Å²) in [6.45, 7) is 4.31. The van der Waals surface area contributed by atoms with Gasteiger partial charge in [-0.25, -0.2) is 4.39 Å². The Morgan fingerprint density at radius 2 is 2.04 bits per heavy atom. The van der Waals surface area contributed by atoms with Gasteiger partial charge in [-0.05, 0) is 43.2 Å². The van der Waals surface area contributed by atoms with E-state index in [9.17, 15) is 4.39 Å². The molecule has 5 heteroatoms. The molecule has 2 aromatic carbocycles. The van der Waals surface area contributed by atoms with Gasteiger partial charge >= 0.3 is 0 Å². The summed E-state index contributed by atoms with van der Waals surface area (Å²) in [7, 11) is 0. The molecule has 0 aromatic heterocycles. The van der Waals surface area contributed by atoms with Gasteiger partial charge < -0.3 is 21.1 Å². The van der Waals surface area contributed by atoms with E-state index in [1.165, 1.54) is 6.07 Å². The minimum Gasteiger partial charge on any atom is -0.494 e. The second kappa shape index (κ2) is 5.93. The summed E-state index contributed by atoms with van der Waals surface area (Å²) in [5.74, 6) is 0.128. The van der Waals surface area contributed by atoms with Crippen LogP contribution >= 0.6 is 0 Å². The SMILES string of the molecule is CCOc1ccc(N2C=Cc3c(ccc(C)c3N)C2N)c(F)c1. The lowest BCUT2D eigenvalue weighted by atomic mass is 9.96. The molecule has 0 fully saturated rings. The molecule has 0 amide bonds. The summed E-state index contributed by atoms with van der Waals surface area (Å²) >= 11 is 0. The van der Waals surface area contributed by atoms with E-state index in [0.29, 0.717) is 23.7 Å². The number of nitrogens with two attached hydrogens (primary N) is 2. The monoisotopic (exact) mass is 313 g/mol. The first-order valence-corrected chi connectivity index (χ1v) is 7.56. The predicted octanol–water partition coefficient (Wildman–Crippen LogP) is 3.56. The second-order valence-electron chi connectivity index (χ2n) is 5.51. The Labute approximate surface area is 135 Å². The van der Waals surface area contributed by atoms with Crippen LogP contribution in [-0.2, 0) is 0 Å². The van der Waals surface area contributed by atoms with Crippen molar-refractivity contribution in [3.8, 4) is 5.75 Å². The van der Waals surface area contributed by atoms with Crippen LogP contribution in [0.4, 0.5) is 15.8 Å². The normalized spacial score (nSPS) is 16.3. The average Bonchev–Trinajstić information content (AvgIpc) is 2.53. The number of benzene rings is 2. The Bertz CT molecular complexity index is 773. The molecule has 4 N–H and O–H groups in total. The highest BCUT2D eigenvalue weighted by molar-refractivity contribution is 5.76. The van der Waals surface area contributed by atoms with Crippen molar-refractivity contribution in [3.63, 3.8) is 0 Å². The Balaban J connectivity index is 1.99. The van der Waals surface area contributed by atoms with Crippen molar-refractivity contribution in [2.24, 2.45) is 5.73 Å². The summed E-state index contributed by atoms with van der Waals surface area (Å²) in [5.41, 5.74) is 16.3.